The summed E-state index contributed by atoms with van der Waals surface area (Å²) < 4.78 is 46.4. The molecule has 1 aromatic carbocycles. The number of nitrogens with zero attached hydrogens (tertiary/aromatic N) is 9. The minimum Gasteiger partial charge on any atom is -0.374 e. The van der Waals surface area contributed by atoms with Crippen molar-refractivity contribution in [2.75, 3.05) is 36.5 Å². The number of hydrogen-bond acceptors (Lipinski definition) is 11. The van der Waals surface area contributed by atoms with E-state index < -0.39 is 52.4 Å². The molecule has 23 heteroatoms. The van der Waals surface area contributed by atoms with Gasteiger partial charge in [-0.1, -0.05) is 28.6 Å². The van der Waals surface area contributed by atoms with Gasteiger partial charge in [0.25, 0.3) is 12.3 Å². The van der Waals surface area contributed by atoms with Crippen LogP contribution in [-0.4, -0.2) is 143 Å². The molecular weight excluding hydrogens is 860 g/mol. The van der Waals surface area contributed by atoms with Crippen molar-refractivity contribution >= 4 is 77.3 Å². The van der Waals surface area contributed by atoms with Gasteiger partial charge in [0.1, 0.15) is 24.0 Å². The molecule has 1 saturated carbocycles. The number of alkyl halides is 2. The molecule has 5 aromatic rings. The maximum atomic E-state index is 14.4. The summed E-state index contributed by atoms with van der Waals surface area (Å²) in [6, 6.07) is 6.28. The number of nitrogens with one attached hydrogen (secondary N) is 2. The quantitative estimate of drug-likeness (QED) is 0.119. The molecule has 17 nitrogen and oxygen atoms in total. The molecule has 1 unspecified atom stereocenters. The molecule has 4 aromatic heterocycles. The summed E-state index contributed by atoms with van der Waals surface area (Å²) in [4.78, 5) is 59.9. The second-order valence-electron chi connectivity index (χ2n) is 18.5. The van der Waals surface area contributed by atoms with Crippen LogP contribution in [0, 0.1) is 17.8 Å². The summed E-state index contributed by atoms with van der Waals surface area (Å²) >= 11 is 0. The van der Waals surface area contributed by atoms with Gasteiger partial charge < -0.3 is 24.6 Å². The fraction of sp³-hybridized carbons (Fsp3) is 0.523. The molecule has 5 fully saturated rings. The second-order valence-corrected chi connectivity index (χ2v) is 18.5. The van der Waals surface area contributed by atoms with Crippen molar-refractivity contribution in [2.45, 2.75) is 105 Å². The van der Waals surface area contributed by atoms with Gasteiger partial charge in [0.2, 0.25) is 11.8 Å². The van der Waals surface area contributed by atoms with E-state index in [0.29, 0.717) is 73.4 Å². The van der Waals surface area contributed by atoms with Crippen LogP contribution in [0.5, 0.6) is 0 Å². The van der Waals surface area contributed by atoms with Gasteiger partial charge in [0, 0.05) is 32.4 Å². The number of carbonyl (C=O) groups is 3. The highest BCUT2D eigenvalue weighted by Crippen LogP contribution is 2.40. The average Bonchev–Trinajstić information content (AvgIpc) is 4.14. The lowest BCUT2D eigenvalue weighted by Crippen LogP contribution is -2.69. The van der Waals surface area contributed by atoms with Crippen molar-refractivity contribution in [3.05, 3.63) is 70.2 Å². The van der Waals surface area contributed by atoms with Gasteiger partial charge in [0.15, 0.2) is 11.3 Å². The van der Waals surface area contributed by atoms with Crippen molar-refractivity contribution < 1.29 is 32.6 Å². The number of fused-ring (bicyclic) bond motifs is 4. The Hall–Kier alpha value is -5.71. The number of aryl methyl sites for hydroxylation is 1. The van der Waals surface area contributed by atoms with E-state index in [0.717, 1.165) is 6.42 Å². The zero-order chi connectivity index (χ0) is 46.9. The number of para-hydroxylation sites is 1. The smallest absolute Gasteiger partial charge is 0.329 e. The Morgan fingerprint density at radius 2 is 1.84 bits per heavy atom. The number of anilines is 2. The number of carbonyl (C=O) groups excluding carboxylic acids is 3. The van der Waals surface area contributed by atoms with Crippen molar-refractivity contribution in [3.63, 3.8) is 0 Å². The summed E-state index contributed by atoms with van der Waals surface area (Å²) in [7, 11) is 28.4. The third kappa shape index (κ3) is 8.49. The number of hydrogen-bond donors (Lipinski definition) is 2. The fourth-order valence-corrected chi connectivity index (χ4v) is 10.7. The molecule has 67 heavy (non-hydrogen) atoms. The Morgan fingerprint density at radius 3 is 2.54 bits per heavy atom. The van der Waals surface area contributed by atoms with E-state index in [1.165, 1.54) is 30.7 Å². The third-order valence-electron chi connectivity index (χ3n) is 14.0. The number of imide groups is 1. The van der Waals surface area contributed by atoms with E-state index in [9.17, 15) is 28.0 Å². The minimum atomic E-state index is -2.93. The van der Waals surface area contributed by atoms with E-state index in [4.69, 9.17) is 45.8 Å². The lowest BCUT2D eigenvalue weighted by atomic mass is 9.46. The Morgan fingerprint density at radius 1 is 1.06 bits per heavy atom. The SMILES string of the molecule is [B]C1([B])CC(OCC#Cc2cccc3c2n(C)c(=O)n3C2CCC(=O)NC2=O)CC([B])([B])N1CC1CCC(n2cc(NC(=O)c3cnn4ccc(N5C[C@H]6C[C@@H]5CO6)nc34)c(C(F)F)n2)CC1. The van der Waals surface area contributed by atoms with Crippen LogP contribution in [-0.2, 0) is 26.1 Å². The van der Waals surface area contributed by atoms with Gasteiger partial charge >= 0.3 is 5.69 Å². The first-order chi connectivity index (χ1) is 32.0. The molecule has 4 saturated heterocycles. The van der Waals surface area contributed by atoms with Gasteiger partial charge in [-0.15, -0.1) is 0 Å². The molecule has 338 valence electrons. The number of ether oxygens (including phenoxy) is 2. The van der Waals surface area contributed by atoms with Gasteiger partial charge in [-0.05, 0) is 82.0 Å². The van der Waals surface area contributed by atoms with Crippen LogP contribution in [0.15, 0.2) is 47.7 Å². The summed E-state index contributed by atoms with van der Waals surface area (Å²) in [5, 5.41) is 10.6. The van der Waals surface area contributed by atoms with E-state index >= 15 is 0 Å². The van der Waals surface area contributed by atoms with Crippen molar-refractivity contribution in [2.24, 2.45) is 13.0 Å². The van der Waals surface area contributed by atoms with Crippen LogP contribution < -0.4 is 21.2 Å². The Labute approximate surface area is 389 Å². The largest absolute Gasteiger partial charge is 0.374 e. The number of amides is 3. The van der Waals surface area contributed by atoms with Crippen molar-refractivity contribution in [1.82, 2.24) is 43.7 Å². The minimum absolute atomic E-state index is 0.0140. The number of imidazole rings is 1. The molecule has 0 spiro atoms. The maximum Gasteiger partial charge on any atom is 0.329 e. The van der Waals surface area contributed by atoms with E-state index in [2.05, 4.69) is 37.6 Å². The first kappa shape index (κ1) is 45.1. The Kier molecular flexibility index (Phi) is 11.7. The number of benzene rings is 1. The van der Waals surface area contributed by atoms with E-state index in [1.54, 1.807) is 36.3 Å². The predicted octanol–water partition coefficient (Wildman–Crippen LogP) is 1.97. The summed E-state index contributed by atoms with van der Waals surface area (Å²) in [5.74, 6) is 5.36. The summed E-state index contributed by atoms with van der Waals surface area (Å²) in [6.45, 7) is 1.71. The number of rotatable bonds is 10. The number of piperidine rings is 2. The summed E-state index contributed by atoms with van der Waals surface area (Å²) in [6.07, 6.45) is 5.52. The first-order valence-corrected chi connectivity index (χ1v) is 22.5. The predicted molar refractivity (Wildman–Crippen MR) is 244 cm³/mol. The van der Waals surface area contributed by atoms with Crippen LogP contribution in [0.2, 0.25) is 0 Å². The molecule has 3 atom stereocenters. The van der Waals surface area contributed by atoms with Gasteiger partial charge in [0.05, 0.1) is 90.8 Å². The van der Waals surface area contributed by atoms with Crippen LogP contribution in [0.1, 0.15) is 97.9 Å². The molecule has 1 aliphatic carbocycles. The molecule has 2 bridgehead atoms. The molecular formula is C44H45B4F2N11O6. The monoisotopic (exact) mass is 905 g/mol. The Balaban J connectivity index is 0.748. The molecule has 4 aliphatic heterocycles. The highest BCUT2D eigenvalue weighted by molar-refractivity contribution is 6.44. The molecule has 8 heterocycles. The van der Waals surface area contributed by atoms with Gasteiger partial charge in [-0.25, -0.2) is 23.1 Å². The average molecular weight is 905 g/mol. The van der Waals surface area contributed by atoms with E-state index in [-0.39, 0.29) is 73.6 Å². The molecule has 8 radical (unpaired) electrons. The number of halogens is 2. The maximum absolute atomic E-state index is 14.4. The van der Waals surface area contributed by atoms with Crippen molar-refractivity contribution in [1.29, 1.82) is 0 Å². The first-order valence-electron chi connectivity index (χ1n) is 22.5. The molecule has 2 N–H and O–H groups in total. The molecule has 5 aliphatic rings. The van der Waals surface area contributed by atoms with E-state index in [1.807, 2.05) is 6.07 Å². The topological polar surface area (TPSA) is 175 Å². The summed E-state index contributed by atoms with van der Waals surface area (Å²) in [5.41, 5.74) is 1.07. The third-order valence-corrected chi connectivity index (χ3v) is 14.0. The van der Waals surface area contributed by atoms with Gasteiger partial charge in [-0.2, -0.15) is 10.2 Å². The highest BCUT2D eigenvalue weighted by Gasteiger charge is 2.45. The highest BCUT2D eigenvalue weighted by atomic mass is 19.3. The zero-order valence-corrected chi connectivity index (χ0v) is 36.8. The molecule has 10 rings (SSSR count). The zero-order valence-electron chi connectivity index (χ0n) is 36.8. The standard InChI is InChI=1S/C44H45B4F2N11O6/c1-56-37-25(4-2-6-32(37)61(42(56)65)33-11-12-35(62)54-41(33)64)5-3-15-66-29-17-43(45,46)60(44(47,48)18-29)20-24-7-9-26(10-8-24)59-22-31(36(55-59)38(49)50)52-40(63)30-19-51-58-14-13-34(53-39(30)58)57-21-28-16-27(57)23-67-28/h2,4,6,13-14,19,22,24,26-29,33,38H,7-12,15-18,20-21,23H2,1H3,(H,52,63)(H,54,62,64)/t24?,26?,27-,28-,33?/m1/s1. The fourth-order valence-electron chi connectivity index (χ4n) is 10.7. The number of aromatic nitrogens is 7. The Bertz CT molecular complexity index is 2880. The van der Waals surface area contributed by atoms with Crippen molar-refractivity contribution in [3.8, 4) is 11.8 Å². The second kappa shape index (κ2) is 17.4. The van der Waals surface area contributed by atoms with Crippen LogP contribution in [0.4, 0.5) is 20.3 Å². The normalized spacial score (nSPS) is 25.2. The van der Waals surface area contributed by atoms with Crippen LogP contribution >= 0.6 is 0 Å². The molecule has 3 amide bonds. The van der Waals surface area contributed by atoms with Gasteiger partial charge in [-0.3, -0.25) is 33.5 Å². The number of morpholine rings is 1. The lowest BCUT2D eigenvalue weighted by Gasteiger charge is -2.58. The van der Waals surface area contributed by atoms with Crippen LogP contribution in [0.3, 0.4) is 0 Å². The lowest BCUT2D eigenvalue weighted by molar-refractivity contribution is -0.135. The number of likely N-dealkylation sites (tertiary alicyclic amines) is 1. The van der Waals surface area contributed by atoms with Crippen LogP contribution in [0.25, 0.3) is 16.7 Å².